The lowest BCUT2D eigenvalue weighted by Crippen LogP contribution is -2.21. The van der Waals surface area contributed by atoms with Crippen molar-refractivity contribution in [3.8, 4) is 5.75 Å². The molecule has 1 aliphatic heterocycles. The third-order valence-electron chi connectivity index (χ3n) is 7.57. The molecule has 3 nitrogen and oxygen atoms in total. The SMILES string of the molecule is COc1ccc2c(c1)CC(C)C(CCc1cccc(N3CNc4ccccc43)c1)C(C)C2. The summed E-state index contributed by atoms with van der Waals surface area (Å²) in [7, 11) is 1.76. The fraction of sp³-hybridized carbons (Fsp3) is 0.379. The van der Waals surface area contributed by atoms with Crippen LogP contribution in [0.1, 0.15) is 37.0 Å². The van der Waals surface area contributed by atoms with Gasteiger partial charge in [-0.15, -0.1) is 0 Å². The largest absolute Gasteiger partial charge is 0.497 e. The second-order valence-corrected chi connectivity index (χ2v) is 9.65. The first-order valence-electron chi connectivity index (χ1n) is 12.0. The summed E-state index contributed by atoms with van der Waals surface area (Å²) in [5.41, 5.74) is 8.19. The van der Waals surface area contributed by atoms with Crippen molar-refractivity contribution in [3.63, 3.8) is 0 Å². The molecule has 3 aromatic rings. The van der Waals surface area contributed by atoms with Crippen LogP contribution < -0.4 is 15.0 Å². The van der Waals surface area contributed by atoms with Crippen LogP contribution in [0.2, 0.25) is 0 Å². The maximum Gasteiger partial charge on any atom is 0.119 e. The Hall–Kier alpha value is -2.94. The number of methoxy groups -OCH3 is 1. The van der Waals surface area contributed by atoms with Gasteiger partial charge in [0.05, 0.1) is 25.2 Å². The molecule has 0 spiro atoms. The predicted molar refractivity (Wildman–Crippen MR) is 134 cm³/mol. The van der Waals surface area contributed by atoms with E-state index in [1.165, 1.54) is 46.6 Å². The highest BCUT2D eigenvalue weighted by molar-refractivity contribution is 5.81. The summed E-state index contributed by atoms with van der Waals surface area (Å²) in [4.78, 5) is 2.37. The number of anilines is 3. The van der Waals surface area contributed by atoms with E-state index < -0.39 is 0 Å². The lowest BCUT2D eigenvalue weighted by atomic mass is 9.78. The molecule has 0 saturated heterocycles. The highest BCUT2D eigenvalue weighted by atomic mass is 16.5. The van der Waals surface area contributed by atoms with E-state index in [0.717, 1.165) is 31.2 Å². The minimum absolute atomic E-state index is 0.677. The van der Waals surface area contributed by atoms with Gasteiger partial charge in [0.25, 0.3) is 0 Å². The molecule has 1 aliphatic carbocycles. The van der Waals surface area contributed by atoms with E-state index in [-0.39, 0.29) is 0 Å². The van der Waals surface area contributed by atoms with Crippen LogP contribution in [-0.2, 0) is 19.3 Å². The van der Waals surface area contributed by atoms with Crippen LogP contribution >= 0.6 is 0 Å². The summed E-state index contributed by atoms with van der Waals surface area (Å²) < 4.78 is 5.48. The van der Waals surface area contributed by atoms with Crippen molar-refractivity contribution >= 4 is 17.1 Å². The second-order valence-electron chi connectivity index (χ2n) is 9.65. The number of hydrogen-bond acceptors (Lipinski definition) is 3. The molecule has 0 saturated carbocycles. The molecule has 3 unspecified atom stereocenters. The van der Waals surface area contributed by atoms with E-state index in [1.54, 1.807) is 7.11 Å². The zero-order valence-electron chi connectivity index (χ0n) is 19.5. The molecule has 0 amide bonds. The van der Waals surface area contributed by atoms with Gasteiger partial charge < -0.3 is 15.0 Å². The van der Waals surface area contributed by atoms with E-state index >= 15 is 0 Å². The Morgan fingerprint density at radius 2 is 1.72 bits per heavy atom. The van der Waals surface area contributed by atoms with Crippen molar-refractivity contribution in [1.29, 1.82) is 0 Å². The smallest absolute Gasteiger partial charge is 0.119 e. The number of rotatable bonds is 5. The first-order chi connectivity index (χ1) is 15.6. The molecule has 0 fully saturated rings. The summed E-state index contributed by atoms with van der Waals surface area (Å²) >= 11 is 0. The number of ether oxygens (including phenoxy) is 1. The Balaban J connectivity index is 1.29. The van der Waals surface area contributed by atoms with Crippen molar-refractivity contribution in [2.24, 2.45) is 17.8 Å². The van der Waals surface area contributed by atoms with Gasteiger partial charge in [-0.3, -0.25) is 0 Å². The van der Waals surface area contributed by atoms with Crippen LogP contribution in [0.15, 0.2) is 66.7 Å². The first-order valence-corrected chi connectivity index (χ1v) is 12.0. The van der Waals surface area contributed by atoms with Gasteiger partial charge in [-0.25, -0.2) is 0 Å². The van der Waals surface area contributed by atoms with Crippen molar-refractivity contribution in [3.05, 3.63) is 83.4 Å². The molecule has 0 aromatic heterocycles. The van der Waals surface area contributed by atoms with Gasteiger partial charge in [0.15, 0.2) is 0 Å². The van der Waals surface area contributed by atoms with Crippen molar-refractivity contribution in [2.45, 2.75) is 39.5 Å². The number of nitrogens with one attached hydrogen (secondary N) is 1. The fourth-order valence-corrected chi connectivity index (χ4v) is 5.80. The Morgan fingerprint density at radius 3 is 2.56 bits per heavy atom. The molecular weight excluding hydrogens is 392 g/mol. The second kappa shape index (κ2) is 8.90. The van der Waals surface area contributed by atoms with Crippen LogP contribution in [0, 0.1) is 17.8 Å². The normalized spacial score (nSPS) is 22.0. The lowest BCUT2D eigenvalue weighted by Gasteiger charge is -2.27. The molecule has 3 atom stereocenters. The summed E-state index contributed by atoms with van der Waals surface area (Å²) in [5.74, 6) is 3.08. The van der Waals surface area contributed by atoms with Crippen molar-refractivity contribution in [2.75, 3.05) is 24.0 Å². The Bertz CT molecular complexity index is 1090. The summed E-state index contributed by atoms with van der Waals surface area (Å²) in [6.45, 7) is 5.73. The van der Waals surface area contributed by atoms with Gasteiger partial charge in [0.2, 0.25) is 0 Å². The average molecular weight is 427 g/mol. The Labute approximate surface area is 192 Å². The quantitative estimate of drug-likeness (QED) is 0.452. The number of aryl methyl sites for hydroxylation is 1. The zero-order valence-corrected chi connectivity index (χ0v) is 19.5. The molecular formula is C29H34N2O. The molecule has 5 rings (SSSR count). The number of nitrogens with zero attached hydrogens (tertiary/aromatic N) is 1. The predicted octanol–water partition coefficient (Wildman–Crippen LogP) is 6.84. The highest BCUT2D eigenvalue weighted by Gasteiger charge is 2.28. The van der Waals surface area contributed by atoms with Gasteiger partial charge in [-0.2, -0.15) is 0 Å². The maximum absolute atomic E-state index is 5.48. The number of benzene rings is 3. The van der Waals surface area contributed by atoms with E-state index in [9.17, 15) is 0 Å². The molecule has 3 heteroatoms. The number of para-hydroxylation sites is 2. The van der Waals surface area contributed by atoms with Gasteiger partial charge >= 0.3 is 0 Å². The van der Waals surface area contributed by atoms with Gasteiger partial charge in [0, 0.05) is 5.69 Å². The Kier molecular flexibility index (Phi) is 5.82. The molecule has 3 aromatic carbocycles. The van der Waals surface area contributed by atoms with Crippen LogP contribution in [0.5, 0.6) is 5.75 Å². The lowest BCUT2D eigenvalue weighted by molar-refractivity contribution is 0.246. The van der Waals surface area contributed by atoms with Gasteiger partial charge in [0.1, 0.15) is 5.75 Å². The van der Waals surface area contributed by atoms with Crippen molar-refractivity contribution in [1.82, 2.24) is 0 Å². The fourth-order valence-electron chi connectivity index (χ4n) is 5.80. The third-order valence-corrected chi connectivity index (χ3v) is 7.57. The van der Waals surface area contributed by atoms with E-state index in [0.29, 0.717) is 11.8 Å². The molecule has 166 valence electrons. The van der Waals surface area contributed by atoms with Crippen molar-refractivity contribution < 1.29 is 4.74 Å². The van der Waals surface area contributed by atoms with E-state index in [1.807, 2.05) is 0 Å². The molecule has 32 heavy (non-hydrogen) atoms. The van der Waals surface area contributed by atoms with Gasteiger partial charge in [-0.05, 0) is 96.5 Å². The number of hydrogen-bond donors (Lipinski definition) is 1. The maximum atomic E-state index is 5.48. The molecule has 1 heterocycles. The van der Waals surface area contributed by atoms with Crippen LogP contribution in [0.25, 0.3) is 0 Å². The standard InChI is InChI=1S/C29H34N2O/c1-20-15-23-12-13-26(32-3)18-24(23)16-21(2)27(20)14-11-22-7-6-8-25(17-22)31-19-30-28-9-4-5-10-29(28)31/h4-10,12-13,17-18,20-21,27,30H,11,14-16,19H2,1-3H3. The molecule has 2 aliphatic rings. The van der Waals surface area contributed by atoms with Crippen LogP contribution in [0.3, 0.4) is 0 Å². The van der Waals surface area contributed by atoms with E-state index in [2.05, 4.69) is 90.8 Å². The molecule has 0 bridgehead atoms. The molecule has 1 N–H and O–H groups in total. The zero-order chi connectivity index (χ0) is 22.1. The average Bonchev–Trinajstić information content (AvgIpc) is 3.20. The van der Waals surface area contributed by atoms with E-state index in [4.69, 9.17) is 4.74 Å². The van der Waals surface area contributed by atoms with Gasteiger partial charge in [-0.1, -0.05) is 44.2 Å². The minimum atomic E-state index is 0.677. The summed E-state index contributed by atoms with van der Waals surface area (Å²) in [6.07, 6.45) is 4.70. The number of fused-ring (bicyclic) bond motifs is 2. The topological polar surface area (TPSA) is 24.5 Å². The third kappa shape index (κ3) is 4.09. The highest BCUT2D eigenvalue weighted by Crippen LogP contribution is 2.39. The molecule has 0 radical (unpaired) electrons. The summed E-state index contributed by atoms with van der Waals surface area (Å²) in [6, 6.07) is 24.3. The monoisotopic (exact) mass is 426 g/mol. The summed E-state index contributed by atoms with van der Waals surface area (Å²) in [5, 5.41) is 3.50. The first kappa shape index (κ1) is 20.9. The van der Waals surface area contributed by atoms with Crippen LogP contribution in [-0.4, -0.2) is 13.8 Å². The minimum Gasteiger partial charge on any atom is -0.497 e. The Morgan fingerprint density at radius 1 is 0.906 bits per heavy atom. The van der Waals surface area contributed by atoms with Crippen LogP contribution in [0.4, 0.5) is 17.1 Å².